The van der Waals surface area contributed by atoms with Crippen molar-refractivity contribution in [3.63, 3.8) is 0 Å². The van der Waals surface area contributed by atoms with Crippen LogP contribution in [0.25, 0.3) is 21.9 Å². The molecule has 3 fully saturated rings. The van der Waals surface area contributed by atoms with Crippen molar-refractivity contribution in [2.75, 3.05) is 25.0 Å². The number of halogens is 4. The number of pyridine rings is 2. The fraction of sp³-hybridized carbons (Fsp3) is 0.447. The van der Waals surface area contributed by atoms with E-state index in [-0.39, 0.29) is 48.5 Å². The van der Waals surface area contributed by atoms with Gasteiger partial charge in [0.1, 0.15) is 34.9 Å². The van der Waals surface area contributed by atoms with Crippen molar-refractivity contribution in [1.82, 2.24) is 39.1 Å². The van der Waals surface area contributed by atoms with Gasteiger partial charge < -0.3 is 10.2 Å². The van der Waals surface area contributed by atoms with Crippen LogP contribution in [0.15, 0.2) is 59.7 Å². The van der Waals surface area contributed by atoms with Gasteiger partial charge in [0, 0.05) is 44.1 Å². The number of hydrogen-bond acceptors (Lipinski definition) is 8. The van der Waals surface area contributed by atoms with Gasteiger partial charge in [0.2, 0.25) is 11.8 Å². The van der Waals surface area contributed by atoms with Crippen LogP contribution in [0.2, 0.25) is 0 Å². The molecular weight excluding hydrogens is 722 g/mol. The number of aryl methyl sites for hydroxylation is 1. The average molecular weight is 762 g/mol. The molecule has 3 aliphatic rings. The third kappa shape index (κ3) is 7.12. The first-order valence-corrected chi connectivity index (χ1v) is 18.4. The number of fused-ring (bicyclic) bond motifs is 2. The first-order valence-electron chi connectivity index (χ1n) is 18.4. The van der Waals surface area contributed by atoms with Crippen molar-refractivity contribution in [1.29, 1.82) is 0 Å². The Morgan fingerprint density at radius 1 is 1.02 bits per heavy atom. The van der Waals surface area contributed by atoms with E-state index in [0.717, 1.165) is 55.3 Å². The molecule has 288 valence electrons. The lowest BCUT2D eigenvalue weighted by atomic mass is 9.83. The third-order valence-electron chi connectivity index (χ3n) is 11.3. The minimum Gasteiger partial charge on any atom is -0.305 e. The first-order chi connectivity index (χ1) is 26.3. The molecule has 0 spiro atoms. The Hall–Kier alpha value is -5.45. The van der Waals surface area contributed by atoms with Gasteiger partial charge in [-0.3, -0.25) is 33.5 Å². The molecule has 3 unspecified atom stereocenters. The Bertz CT molecular complexity index is 2360. The Balaban J connectivity index is 0.872. The number of benzene rings is 1. The molecule has 8 rings (SSSR count). The van der Waals surface area contributed by atoms with E-state index in [4.69, 9.17) is 5.10 Å². The lowest BCUT2D eigenvalue weighted by Gasteiger charge is -2.38. The van der Waals surface area contributed by atoms with Crippen LogP contribution in [0.4, 0.5) is 23.4 Å². The van der Waals surface area contributed by atoms with Gasteiger partial charge in [0.15, 0.2) is 0 Å². The number of anilines is 1. The van der Waals surface area contributed by atoms with Gasteiger partial charge in [-0.15, -0.1) is 0 Å². The van der Waals surface area contributed by atoms with Gasteiger partial charge in [-0.1, -0.05) is 18.2 Å². The lowest BCUT2D eigenvalue weighted by molar-refractivity contribution is -0.141. The van der Waals surface area contributed by atoms with Crippen LogP contribution in [0.3, 0.4) is 0 Å². The number of carbonyl (C=O) groups excluding carboxylic acids is 3. The maximum Gasteiger partial charge on any atom is 0.433 e. The predicted molar refractivity (Wildman–Crippen MR) is 193 cm³/mol. The topological polar surface area (TPSA) is 149 Å². The van der Waals surface area contributed by atoms with Crippen LogP contribution in [0.5, 0.6) is 0 Å². The predicted octanol–water partition coefficient (Wildman–Crippen LogP) is 5.29. The number of hydrogen-bond donors (Lipinski definition) is 2. The number of alkyl halides is 4. The minimum atomic E-state index is -4.67. The minimum absolute atomic E-state index is 0.143. The van der Waals surface area contributed by atoms with E-state index >= 15 is 4.39 Å². The molecular formula is C38H39F4N9O4. The summed E-state index contributed by atoms with van der Waals surface area (Å²) in [6, 6.07) is 9.54. The quantitative estimate of drug-likeness (QED) is 0.168. The zero-order chi connectivity index (χ0) is 38.6. The maximum atomic E-state index is 16.1. The van der Waals surface area contributed by atoms with Crippen molar-refractivity contribution >= 4 is 45.5 Å². The molecule has 2 saturated heterocycles. The summed E-state index contributed by atoms with van der Waals surface area (Å²) in [5.74, 6) is -1.52. The van der Waals surface area contributed by atoms with Crippen LogP contribution < -0.4 is 16.3 Å². The SMILES string of the molecule is Cn1c(=O)n(C2CCC(=O)NC2=O)c2cccc(C3CCN(C[C@H]4CC[C@H](n5cc6cc(NC(=O)c7cccc(C(F)(F)F)n7)ncc6n5)CC4)CC3F)c21. The summed E-state index contributed by atoms with van der Waals surface area (Å²) in [6.45, 7) is 1.77. The van der Waals surface area contributed by atoms with E-state index < -0.39 is 41.8 Å². The summed E-state index contributed by atoms with van der Waals surface area (Å²) in [4.78, 5) is 60.3. The Kier molecular flexibility index (Phi) is 9.51. The van der Waals surface area contributed by atoms with Gasteiger partial charge in [-0.2, -0.15) is 18.3 Å². The molecule has 55 heavy (non-hydrogen) atoms. The summed E-state index contributed by atoms with van der Waals surface area (Å²) < 4.78 is 60.1. The summed E-state index contributed by atoms with van der Waals surface area (Å²) in [6.07, 6.45) is 2.18. The molecule has 1 aliphatic carbocycles. The van der Waals surface area contributed by atoms with Crippen LogP contribution in [0, 0.1) is 5.92 Å². The van der Waals surface area contributed by atoms with E-state index in [9.17, 15) is 32.3 Å². The molecule has 17 heteroatoms. The highest BCUT2D eigenvalue weighted by atomic mass is 19.4. The van der Waals surface area contributed by atoms with Crippen molar-refractivity contribution in [2.45, 2.75) is 75.3 Å². The van der Waals surface area contributed by atoms with Gasteiger partial charge in [0.05, 0.1) is 23.3 Å². The van der Waals surface area contributed by atoms with Crippen molar-refractivity contribution in [3.05, 3.63) is 82.3 Å². The zero-order valence-corrected chi connectivity index (χ0v) is 29.9. The van der Waals surface area contributed by atoms with Crippen LogP contribution in [-0.4, -0.2) is 77.3 Å². The van der Waals surface area contributed by atoms with Crippen LogP contribution in [-0.2, 0) is 22.8 Å². The van der Waals surface area contributed by atoms with E-state index in [1.54, 1.807) is 25.2 Å². The smallest absolute Gasteiger partial charge is 0.305 e. The number of imidazole rings is 1. The van der Waals surface area contributed by atoms with Gasteiger partial charge in [-0.05, 0) is 80.8 Å². The highest BCUT2D eigenvalue weighted by molar-refractivity contribution is 6.03. The van der Waals surface area contributed by atoms with E-state index in [1.165, 1.54) is 21.4 Å². The van der Waals surface area contributed by atoms with Crippen molar-refractivity contribution < 1.29 is 31.9 Å². The highest BCUT2D eigenvalue weighted by Crippen LogP contribution is 2.38. The Labute approximate surface area is 311 Å². The molecule has 5 aromatic rings. The van der Waals surface area contributed by atoms with Crippen LogP contribution >= 0.6 is 0 Å². The maximum absolute atomic E-state index is 16.1. The second kappa shape index (κ2) is 14.3. The number of likely N-dealkylation sites (tertiary alicyclic amines) is 1. The van der Waals surface area contributed by atoms with Crippen LogP contribution in [0.1, 0.15) is 84.7 Å². The number of aromatic nitrogens is 6. The third-order valence-corrected chi connectivity index (χ3v) is 11.3. The molecule has 2 N–H and O–H groups in total. The van der Waals surface area contributed by atoms with Crippen molar-refractivity contribution in [2.24, 2.45) is 13.0 Å². The molecule has 3 amide bonds. The normalized spacial score (nSPS) is 24.0. The summed E-state index contributed by atoms with van der Waals surface area (Å²) in [5, 5.41) is 10.3. The Morgan fingerprint density at radius 2 is 1.80 bits per heavy atom. The number of nitrogens with zero attached hydrogens (tertiary/aromatic N) is 7. The number of imide groups is 1. The molecule has 3 atom stereocenters. The largest absolute Gasteiger partial charge is 0.433 e. The first kappa shape index (κ1) is 36.5. The number of rotatable bonds is 7. The number of para-hydroxylation sites is 1. The fourth-order valence-electron chi connectivity index (χ4n) is 8.54. The highest BCUT2D eigenvalue weighted by Gasteiger charge is 2.37. The van der Waals surface area contributed by atoms with Gasteiger partial charge in [-0.25, -0.2) is 19.2 Å². The number of nitrogens with one attached hydrogen (secondary N) is 2. The zero-order valence-electron chi connectivity index (χ0n) is 29.9. The van der Waals surface area contributed by atoms with Crippen molar-refractivity contribution in [3.8, 4) is 0 Å². The summed E-state index contributed by atoms with van der Waals surface area (Å²) >= 11 is 0. The molecule has 6 heterocycles. The average Bonchev–Trinajstić information content (AvgIpc) is 3.69. The number of amides is 3. The lowest BCUT2D eigenvalue weighted by Crippen LogP contribution is -2.44. The summed E-state index contributed by atoms with van der Waals surface area (Å²) in [7, 11) is 1.64. The molecule has 1 saturated carbocycles. The number of piperidine rings is 2. The fourth-order valence-corrected chi connectivity index (χ4v) is 8.54. The summed E-state index contributed by atoms with van der Waals surface area (Å²) in [5.41, 5.74) is 0.650. The van der Waals surface area contributed by atoms with E-state index in [0.29, 0.717) is 35.4 Å². The monoisotopic (exact) mass is 761 g/mol. The second-order valence-electron chi connectivity index (χ2n) is 14.8. The second-order valence-corrected chi connectivity index (χ2v) is 14.8. The standard InChI is InChI=1S/C38H39F4N9O4/c1-48-34-25(4-2-6-29(34)51(37(48)55)30-12-13-33(52)46-36(30)54)24-14-15-49(20-26(24)39)18-21-8-10-23(11-9-21)50-19-22-16-32(43-17-28(22)47-50)45-35(53)27-5-3-7-31(44-27)38(40,41)42/h2-7,16-17,19,21,23-24,26,30H,8-15,18,20H2,1H3,(H,45,53)(H,46,52,54)/t21-,23-,24?,26?,30?. The van der Waals surface area contributed by atoms with Gasteiger partial charge >= 0.3 is 11.9 Å². The van der Waals surface area contributed by atoms with E-state index in [2.05, 4.69) is 25.5 Å². The molecule has 0 radical (unpaired) electrons. The number of carbonyl (C=O) groups is 3. The molecule has 2 aliphatic heterocycles. The molecule has 0 bridgehead atoms. The molecule has 13 nitrogen and oxygen atoms in total. The molecule has 4 aromatic heterocycles. The Morgan fingerprint density at radius 3 is 2.55 bits per heavy atom. The molecule has 1 aromatic carbocycles. The van der Waals surface area contributed by atoms with E-state index in [1.807, 2.05) is 16.9 Å². The van der Waals surface area contributed by atoms with Gasteiger partial charge in [0.25, 0.3) is 5.91 Å².